The number of carbonyl (C=O) groups excluding carboxylic acids is 2. The molecule has 0 aliphatic carbocycles. The van der Waals surface area contributed by atoms with Gasteiger partial charge in [0, 0.05) is 24.3 Å². The molecule has 0 fully saturated rings. The molecule has 0 aliphatic heterocycles. The Hall–Kier alpha value is -2.04. The molecule has 1 aromatic rings. The third kappa shape index (κ3) is 4.14. The summed E-state index contributed by atoms with van der Waals surface area (Å²) in [5.74, 6) is -0.119. The van der Waals surface area contributed by atoms with Crippen molar-refractivity contribution in [3.63, 3.8) is 0 Å². The molecule has 0 saturated heterocycles. The molecular weight excluding hydrogens is 218 g/mol. The highest BCUT2D eigenvalue weighted by Gasteiger charge is 2.06. The molecule has 5 nitrogen and oxygen atoms in total. The second-order valence-electron chi connectivity index (χ2n) is 3.91. The first-order valence-corrected chi connectivity index (χ1v) is 5.42. The van der Waals surface area contributed by atoms with Crippen molar-refractivity contribution in [2.75, 3.05) is 12.4 Å². The number of rotatable bonds is 3. The van der Waals surface area contributed by atoms with Crippen molar-refractivity contribution in [2.45, 2.75) is 19.9 Å². The summed E-state index contributed by atoms with van der Waals surface area (Å²) in [5, 5.41) is 7.86. The van der Waals surface area contributed by atoms with Gasteiger partial charge in [-0.3, -0.25) is 4.79 Å². The predicted octanol–water partition coefficient (Wildman–Crippen LogP) is 1.58. The van der Waals surface area contributed by atoms with E-state index >= 15 is 0 Å². The quantitative estimate of drug-likeness (QED) is 0.744. The summed E-state index contributed by atoms with van der Waals surface area (Å²) >= 11 is 0. The van der Waals surface area contributed by atoms with Crippen LogP contribution in [0.2, 0.25) is 0 Å². The van der Waals surface area contributed by atoms with Crippen LogP contribution in [0, 0.1) is 0 Å². The number of amides is 3. The van der Waals surface area contributed by atoms with Gasteiger partial charge in [-0.25, -0.2) is 4.79 Å². The lowest BCUT2D eigenvalue weighted by atomic mass is 10.2. The summed E-state index contributed by atoms with van der Waals surface area (Å²) in [6, 6.07) is 6.52. The van der Waals surface area contributed by atoms with E-state index in [0.717, 1.165) is 0 Å². The molecule has 1 aromatic carbocycles. The molecule has 0 aromatic heterocycles. The lowest BCUT2D eigenvalue weighted by Gasteiger charge is -2.09. The van der Waals surface area contributed by atoms with E-state index in [1.54, 1.807) is 31.3 Å². The summed E-state index contributed by atoms with van der Waals surface area (Å²) < 4.78 is 0. The van der Waals surface area contributed by atoms with Gasteiger partial charge in [-0.15, -0.1) is 0 Å². The van der Waals surface area contributed by atoms with Gasteiger partial charge in [-0.1, -0.05) is 0 Å². The Morgan fingerprint density at radius 1 is 1.12 bits per heavy atom. The molecular formula is C12H17N3O2. The number of hydrogen-bond acceptors (Lipinski definition) is 2. The maximum absolute atomic E-state index is 11.6. The second-order valence-corrected chi connectivity index (χ2v) is 3.91. The van der Waals surface area contributed by atoms with Gasteiger partial charge in [0.2, 0.25) is 0 Å². The Morgan fingerprint density at radius 3 is 2.18 bits per heavy atom. The highest BCUT2D eigenvalue weighted by Crippen LogP contribution is 2.09. The van der Waals surface area contributed by atoms with E-state index in [2.05, 4.69) is 16.0 Å². The number of hydrogen-bond donors (Lipinski definition) is 3. The fourth-order valence-electron chi connectivity index (χ4n) is 1.24. The zero-order valence-electron chi connectivity index (χ0n) is 10.2. The number of urea groups is 1. The van der Waals surface area contributed by atoms with Crippen molar-refractivity contribution >= 4 is 17.6 Å². The van der Waals surface area contributed by atoms with Crippen LogP contribution in [-0.4, -0.2) is 25.0 Å². The Labute approximate surface area is 101 Å². The largest absolute Gasteiger partial charge is 0.350 e. The fraction of sp³-hybridized carbons (Fsp3) is 0.333. The van der Waals surface area contributed by atoms with Crippen LogP contribution < -0.4 is 16.0 Å². The van der Waals surface area contributed by atoms with E-state index < -0.39 is 0 Å². The summed E-state index contributed by atoms with van der Waals surface area (Å²) in [6.45, 7) is 3.80. The molecule has 0 unspecified atom stereocenters. The molecule has 0 aliphatic rings. The fourth-order valence-corrected chi connectivity index (χ4v) is 1.24. The van der Waals surface area contributed by atoms with Crippen LogP contribution in [0.25, 0.3) is 0 Å². The third-order valence-electron chi connectivity index (χ3n) is 2.05. The van der Waals surface area contributed by atoms with E-state index in [9.17, 15) is 9.59 Å². The second kappa shape index (κ2) is 5.89. The molecule has 92 valence electrons. The highest BCUT2D eigenvalue weighted by atomic mass is 16.2. The Balaban J connectivity index is 2.67. The Kier molecular flexibility index (Phi) is 4.51. The molecule has 0 spiro atoms. The number of benzene rings is 1. The van der Waals surface area contributed by atoms with E-state index in [4.69, 9.17) is 0 Å². The minimum Gasteiger partial charge on any atom is -0.350 e. The Morgan fingerprint density at radius 2 is 1.71 bits per heavy atom. The minimum atomic E-state index is -0.288. The molecule has 0 bridgehead atoms. The first-order chi connectivity index (χ1) is 8.02. The molecule has 17 heavy (non-hydrogen) atoms. The smallest absolute Gasteiger partial charge is 0.318 e. The standard InChI is InChI=1S/C12H17N3O2/c1-8(2)14-11(16)9-4-6-10(7-5-9)15-12(17)13-3/h4-8H,1-3H3,(H,14,16)(H2,13,15,17). The highest BCUT2D eigenvalue weighted by molar-refractivity contribution is 5.95. The summed E-state index contributed by atoms with van der Waals surface area (Å²) in [4.78, 5) is 22.7. The van der Waals surface area contributed by atoms with Gasteiger partial charge in [0.1, 0.15) is 0 Å². The van der Waals surface area contributed by atoms with Crippen molar-refractivity contribution in [2.24, 2.45) is 0 Å². The maximum Gasteiger partial charge on any atom is 0.318 e. The molecule has 5 heteroatoms. The van der Waals surface area contributed by atoms with Crippen molar-refractivity contribution in [3.8, 4) is 0 Å². The molecule has 3 amide bonds. The van der Waals surface area contributed by atoms with Crippen LogP contribution >= 0.6 is 0 Å². The average Bonchev–Trinajstić information content (AvgIpc) is 2.28. The van der Waals surface area contributed by atoms with Crippen molar-refractivity contribution in [3.05, 3.63) is 29.8 Å². The lowest BCUT2D eigenvalue weighted by Crippen LogP contribution is -2.30. The predicted molar refractivity (Wildman–Crippen MR) is 67.1 cm³/mol. The monoisotopic (exact) mass is 235 g/mol. The van der Waals surface area contributed by atoms with E-state index in [0.29, 0.717) is 11.3 Å². The van der Waals surface area contributed by atoms with Crippen molar-refractivity contribution < 1.29 is 9.59 Å². The first kappa shape index (κ1) is 13.0. The van der Waals surface area contributed by atoms with Crippen LogP contribution in [-0.2, 0) is 0 Å². The van der Waals surface area contributed by atoms with Crippen LogP contribution in [0.5, 0.6) is 0 Å². The summed E-state index contributed by atoms with van der Waals surface area (Å²) in [7, 11) is 1.54. The topological polar surface area (TPSA) is 70.2 Å². The molecule has 0 heterocycles. The van der Waals surface area contributed by atoms with Gasteiger partial charge in [-0.05, 0) is 38.1 Å². The molecule has 0 radical (unpaired) electrons. The van der Waals surface area contributed by atoms with Crippen molar-refractivity contribution in [1.82, 2.24) is 10.6 Å². The average molecular weight is 235 g/mol. The minimum absolute atomic E-state index is 0.103. The molecule has 0 atom stereocenters. The van der Waals surface area contributed by atoms with Crippen LogP contribution in [0.1, 0.15) is 24.2 Å². The summed E-state index contributed by atoms with van der Waals surface area (Å²) in [5.41, 5.74) is 1.21. The normalized spacial score (nSPS) is 9.88. The zero-order valence-corrected chi connectivity index (χ0v) is 10.2. The van der Waals surface area contributed by atoms with E-state index in [1.165, 1.54) is 0 Å². The number of carbonyl (C=O) groups is 2. The van der Waals surface area contributed by atoms with E-state index in [-0.39, 0.29) is 18.0 Å². The van der Waals surface area contributed by atoms with Crippen LogP contribution in [0.3, 0.4) is 0 Å². The lowest BCUT2D eigenvalue weighted by molar-refractivity contribution is 0.0943. The molecule has 3 N–H and O–H groups in total. The van der Waals surface area contributed by atoms with Crippen LogP contribution in [0.4, 0.5) is 10.5 Å². The van der Waals surface area contributed by atoms with Crippen molar-refractivity contribution in [1.29, 1.82) is 0 Å². The van der Waals surface area contributed by atoms with Gasteiger partial charge >= 0.3 is 6.03 Å². The molecule has 0 saturated carbocycles. The third-order valence-corrected chi connectivity index (χ3v) is 2.05. The molecule has 1 rings (SSSR count). The van der Waals surface area contributed by atoms with Gasteiger partial charge in [0.25, 0.3) is 5.91 Å². The number of anilines is 1. The number of nitrogens with one attached hydrogen (secondary N) is 3. The zero-order chi connectivity index (χ0) is 12.8. The van der Waals surface area contributed by atoms with E-state index in [1.807, 2.05) is 13.8 Å². The van der Waals surface area contributed by atoms with Gasteiger partial charge in [0.05, 0.1) is 0 Å². The van der Waals surface area contributed by atoms with Gasteiger partial charge < -0.3 is 16.0 Å². The van der Waals surface area contributed by atoms with Gasteiger partial charge in [0.15, 0.2) is 0 Å². The SMILES string of the molecule is CNC(=O)Nc1ccc(C(=O)NC(C)C)cc1. The Bertz CT molecular complexity index is 399. The van der Waals surface area contributed by atoms with Gasteiger partial charge in [-0.2, -0.15) is 0 Å². The van der Waals surface area contributed by atoms with Crippen LogP contribution in [0.15, 0.2) is 24.3 Å². The maximum atomic E-state index is 11.6. The first-order valence-electron chi connectivity index (χ1n) is 5.42. The summed E-state index contributed by atoms with van der Waals surface area (Å²) in [6.07, 6.45) is 0.